The molecule has 2 N–H and O–H groups in total. The van der Waals surface area contributed by atoms with E-state index in [0.717, 1.165) is 12.8 Å². The van der Waals surface area contributed by atoms with E-state index in [1.807, 2.05) is 13.8 Å². The highest BCUT2D eigenvalue weighted by molar-refractivity contribution is 5.78. The molecular weight excluding hydrogens is 128 g/mol. The molecule has 1 aliphatic rings. The van der Waals surface area contributed by atoms with Crippen molar-refractivity contribution in [1.29, 1.82) is 0 Å². The van der Waals surface area contributed by atoms with Gasteiger partial charge in [-0.3, -0.25) is 9.80 Å². The van der Waals surface area contributed by atoms with Crippen molar-refractivity contribution in [2.75, 3.05) is 0 Å². The van der Waals surface area contributed by atoms with E-state index in [1.54, 1.807) is 0 Å². The first kappa shape index (κ1) is 7.54. The maximum atomic E-state index is 11.1. The summed E-state index contributed by atoms with van der Waals surface area (Å²) in [6, 6.07) is 0.342. The third-order valence-corrected chi connectivity index (χ3v) is 1.69. The van der Waals surface area contributed by atoms with Crippen LogP contribution in [0.3, 0.4) is 0 Å². The molecule has 0 radical (unpaired) electrons. The van der Waals surface area contributed by atoms with Gasteiger partial charge < -0.3 is 0 Å². The molecule has 0 heterocycles. The van der Waals surface area contributed by atoms with Crippen LogP contribution < -0.4 is 5.84 Å². The van der Waals surface area contributed by atoms with Gasteiger partial charge in [-0.1, -0.05) is 13.8 Å². The van der Waals surface area contributed by atoms with Crippen molar-refractivity contribution >= 4 is 5.91 Å². The molecule has 0 unspecified atom stereocenters. The molecule has 3 nitrogen and oxygen atoms in total. The fourth-order valence-corrected chi connectivity index (χ4v) is 0.831. The Morgan fingerprint density at radius 1 is 1.60 bits per heavy atom. The van der Waals surface area contributed by atoms with Crippen molar-refractivity contribution in [3.63, 3.8) is 0 Å². The normalized spacial score (nSPS) is 17.6. The van der Waals surface area contributed by atoms with Crippen molar-refractivity contribution in [2.24, 2.45) is 11.8 Å². The lowest BCUT2D eigenvalue weighted by atomic mass is 10.2. The molecular formula is C7H14N2O. The smallest absolute Gasteiger partial charge is 0.239 e. The van der Waals surface area contributed by atoms with Gasteiger partial charge in [0.2, 0.25) is 5.91 Å². The van der Waals surface area contributed by atoms with Crippen molar-refractivity contribution in [3.8, 4) is 0 Å². The topological polar surface area (TPSA) is 46.3 Å². The van der Waals surface area contributed by atoms with E-state index in [4.69, 9.17) is 5.84 Å². The van der Waals surface area contributed by atoms with Gasteiger partial charge in [-0.25, -0.2) is 5.84 Å². The summed E-state index contributed by atoms with van der Waals surface area (Å²) in [5, 5.41) is 1.38. The second-order valence-electron chi connectivity index (χ2n) is 3.13. The number of carbonyl (C=O) groups is 1. The first-order valence-electron chi connectivity index (χ1n) is 3.70. The van der Waals surface area contributed by atoms with E-state index < -0.39 is 0 Å². The van der Waals surface area contributed by atoms with Crippen molar-refractivity contribution in [3.05, 3.63) is 0 Å². The van der Waals surface area contributed by atoms with Gasteiger partial charge in [0, 0.05) is 12.0 Å². The maximum absolute atomic E-state index is 11.1. The second-order valence-corrected chi connectivity index (χ2v) is 3.13. The molecule has 0 aliphatic heterocycles. The molecule has 10 heavy (non-hydrogen) atoms. The van der Waals surface area contributed by atoms with Gasteiger partial charge in [-0.05, 0) is 12.8 Å². The van der Waals surface area contributed by atoms with E-state index in [0.29, 0.717) is 6.04 Å². The van der Waals surface area contributed by atoms with Crippen molar-refractivity contribution in [1.82, 2.24) is 5.01 Å². The van der Waals surface area contributed by atoms with Gasteiger partial charge in [-0.2, -0.15) is 0 Å². The number of hydrogen-bond donors (Lipinski definition) is 1. The summed E-state index contributed by atoms with van der Waals surface area (Å²) in [6.07, 6.45) is 2.16. The van der Waals surface area contributed by atoms with Crippen LogP contribution in [0.4, 0.5) is 0 Å². The first-order chi connectivity index (χ1) is 4.63. The molecule has 58 valence electrons. The number of hydrogen-bond acceptors (Lipinski definition) is 2. The Hall–Kier alpha value is -0.570. The average Bonchev–Trinajstić information content (AvgIpc) is 2.65. The number of nitrogens with zero attached hydrogens (tertiary/aromatic N) is 1. The lowest BCUT2D eigenvalue weighted by molar-refractivity contribution is -0.135. The van der Waals surface area contributed by atoms with Crippen molar-refractivity contribution < 1.29 is 4.79 Å². The predicted molar refractivity (Wildman–Crippen MR) is 38.9 cm³/mol. The summed E-state index contributed by atoms with van der Waals surface area (Å²) in [4.78, 5) is 11.1. The molecule has 1 aliphatic carbocycles. The number of nitrogens with two attached hydrogens (primary N) is 1. The van der Waals surface area contributed by atoms with Gasteiger partial charge >= 0.3 is 0 Å². The summed E-state index contributed by atoms with van der Waals surface area (Å²) in [6.45, 7) is 3.73. The number of hydrazine groups is 1. The summed E-state index contributed by atoms with van der Waals surface area (Å²) in [7, 11) is 0. The van der Waals surface area contributed by atoms with Crippen LogP contribution in [0.25, 0.3) is 0 Å². The highest BCUT2D eigenvalue weighted by Gasteiger charge is 2.31. The van der Waals surface area contributed by atoms with Crippen LogP contribution in [0.1, 0.15) is 26.7 Å². The molecule has 0 aromatic heterocycles. The van der Waals surface area contributed by atoms with Crippen LogP contribution in [0, 0.1) is 5.92 Å². The minimum Gasteiger partial charge on any atom is -0.277 e. The lowest BCUT2D eigenvalue weighted by Crippen LogP contribution is -2.41. The maximum Gasteiger partial charge on any atom is 0.239 e. The molecule has 0 aromatic rings. The average molecular weight is 142 g/mol. The number of amides is 1. The van der Waals surface area contributed by atoms with Crippen molar-refractivity contribution in [2.45, 2.75) is 32.7 Å². The quantitative estimate of drug-likeness (QED) is 0.347. The molecule has 0 aromatic carbocycles. The zero-order chi connectivity index (χ0) is 7.72. The standard InChI is InChI=1S/C7H14N2O/c1-5(2)7(10)9(8)6-3-4-6/h5-6H,3-4,8H2,1-2H3. The zero-order valence-corrected chi connectivity index (χ0v) is 6.50. The van der Waals surface area contributed by atoms with Crippen LogP contribution >= 0.6 is 0 Å². The summed E-state index contributed by atoms with van der Waals surface area (Å²) >= 11 is 0. The van der Waals surface area contributed by atoms with Crippen LogP contribution in [0.2, 0.25) is 0 Å². The van der Waals surface area contributed by atoms with Crippen LogP contribution in [-0.2, 0) is 4.79 Å². The predicted octanol–water partition coefficient (Wildman–Crippen LogP) is 0.507. The van der Waals surface area contributed by atoms with Crippen LogP contribution in [-0.4, -0.2) is 17.0 Å². The third-order valence-electron chi connectivity index (χ3n) is 1.69. The van der Waals surface area contributed by atoms with Gasteiger partial charge in [-0.15, -0.1) is 0 Å². The van der Waals surface area contributed by atoms with E-state index in [1.165, 1.54) is 5.01 Å². The van der Waals surface area contributed by atoms with E-state index in [-0.39, 0.29) is 11.8 Å². The summed E-state index contributed by atoms with van der Waals surface area (Å²) < 4.78 is 0. The third kappa shape index (κ3) is 1.48. The Morgan fingerprint density at radius 2 is 2.10 bits per heavy atom. The molecule has 1 fully saturated rings. The SMILES string of the molecule is CC(C)C(=O)N(N)C1CC1. The van der Waals surface area contributed by atoms with E-state index >= 15 is 0 Å². The summed E-state index contributed by atoms with van der Waals surface area (Å²) in [5.74, 6) is 5.60. The molecule has 1 amide bonds. The lowest BCUT2D eigenvalue weighted by Gasteiger charge is -2.17. The number of rotatable bonds is 2. The number of carbonyl (C=O) groups excluding carboxylic acids is 1. The Labute approximate surface area is 61.2 Å². The Morgan fingerprint density at radius 3 is 2.40 bits per heavy atom. The Kier molecular flexibility index (Phi) is 1.94. The van der Waals surface area contributed by atoms with Crippen LogP contribution in [0.15, 0.2) is 0 Å². The molecule has 0 bridgehead atoms. The minimum atomic E-state index is 0.0330. The Bertz CT molecular complexity index is 141. The molecule has 0 saturated heterocycles. The molecule has 1 rings (SSSR count). The Balaban J connectivity index is 2.38. The van der Waals surface area contributed by atoms with Crippen LogP contribution in [0.5, 0.6) is 0 Å². The van der Waals surface area contributed by atoms with Gasteiger partial charge in [0.1, 0.15) is 0 Å². The highest BCUT2D eigenvalue weighted by atomic mass is 16.2. The zero-order valence-electron chi connectivity index (χ0n) is 6.50. The molecule has 0 atom stereocenters. The van der Waals surface area contributed by atoms with Gasteiger partial charge in [0.05, 0.1) is 0 Å². The van der Waals surface area contributed by atoms with E-state index in [9.17, 15) is 4.79 Å². The van der Waals surface area contributed by atoms with Gasteiger partial charge in [0.15, 0.2) is 0 Å². The fraction of sp³-hybridized carbons (Fsp3) is 0.857. The fourth-order valence-electron chi connectivity index (χ4n) is 0.831. The largest absolute Gasteiger partial charge is 0.277 e. The summed E-state index contributed by atoms with van der Waals surface area (Å²) in [5.41, 5.74) is 0. The van der Waals surface area contributed by atoms with Gasteiger partial charge in [0.25, 0.3) is 0 Å². The minimum absolute atomic E-state index is 0.0330. The molecule has 3 heteroatoms. The second kappa shape index (κ2) is 2.58. The molecule has 0 spiro atoms. The van der Waals surface area contributed by atoms with E-state index in [2.05, 4.69) is 0 Å². The first-order valence-corrected chi connectivity index (χ1v) is 3.70. The molecule has 1 saturated carbocycles. The monoisotopic (exact) mass is 142 g/mol. The highest BCUT2D eigenvalue weighted by Crippen LogP contribution is 2.24.